The molecule has 1 saturated heterocycles. The second kappa shape index (κ2) is 7.77. The molecule has 1 aromatic carbocycles. The fourth-order valence-corrected chi connectivity index (χ4v) is 3.46. The molecular formula is C19H22N2O6. The van der Waals surface area contributed by atoms with Gasteiger partial charge < -0.3 is 14.8 Å². The van der Waals surface area contributed by atoms with Crippen LogP contribution in [0, 0.1) is 0 Å². The lowest BCUT2D eigenvalue weighted by Crippen LogP contribution is -2.44. The van der Waals surface area contributed by atoms with Crippen LogP contribution < -0.4 is 10.1 Å². The molecule has 1 aliphatic carbocycles. The number of rotatable bonds is 6. The Bertz CT molecular complexity index is 752. The molecule has 1 aliphatic heterocycles. The van der Waals surface area contributed by atoms with Crippen LogP contribution in [0.4, 0.5) is 4.79 Å². The molecule has 0 radical (unpaired) electrons. The first-order valence-corrected chi connectivity index (χ1v) is 9.07. The van der Waals surface area contributed by atoms with Crippen molar-refractivity contribution in [3.63, 3.8) is 0 Å². The van der Waals surface area contributed by atoms with Crippen molar-refractivity contribution in [2.24, 2.45) is 0 Å². The van der Waals surface area contributed by atoms with Crippen LogP contribution in [0.3, 0.4) is 0 Å². The van der Waals surface area contributed by atoms with Gasteiger partial charge in [0.2, 0.25) is 0 Å². The molecule has 0 unspecified atom stereocenters. The number of hydrogen-bond donors (Lipinski definition) is 1. The summed E-state index contributed by atoms with van der Waals surface area (Å²) in [4.78, 5) is 49.3. The lowest BCUT2D eigenvalue weighted by molar-refractivity contribution is -0.135. The Balaban J connectivity index is 1.52. The van der Waals surface area contributed by atoms with E-state index in [9.17, 15) is 19.2 Å². The van der Waals surface area contributed by atoms with E-state index in [0.717, 1.165) is 17.7 Å². The molecule has 1 N–H and O–H groups in total. The molecule has 2 fully saturated rings. The minimum absolute atomic E-state index is 0.0217. The number of carbonyl (C=O) groups excluding carboxylic acids is 4. The summed E-state index contributed by atoms with van der Waals surface area (Å²) in [6.07, 6.45) is 3.00. The van der Waals surface area contributed by atoms with E-state index in [1.807, 2.05) is 0 Å². The molecule has 1 aromatic rings. The van der Waals surface area contributed by atoms with E-state index >= 15 is 0 Å². The number of amides is 3. The third-order valence-electron chi connectivity index (χ3n) is 4.84. The smallest absolute Gasteiger partial charge is 0.338 e. The Morgan fingerprint density at radius 3 is 2.44 bits per heavy atom. The molecule has 0 bridgehead atoms. The summed E-state index contributed by atoms with van der Waals surface area (Å²) in [6, 6.07) is 5.54. The summed E-state index contributed by atoms with van der Waals surface area (Å²) < 4.78 is 10.1. The minimum Gasteiger partial charge on any atom is -0.462 e. The third kappa shape index (κ3) is 3.94. The third-order valence-corrected chi connectivity index (χ3v) is 4.84. The van der Waals surface area contributed by atoms with Crippen molar-refractivity contribution in [2.45, 2.75) is 44.6 Å². The molecule has 144 valence electrons. The Kier molecular flexibility index (Phi) is 5.43. The number of nitrogens with one attached hydrogen (secondary N) is 1. The van der Waals surface area contributed by atoms with Gasteiger partial charge in [0, 0.05) is 6.54 Å². The predicted molar refractivity (Wildman–Crippen MR) is 94.1 cm³/mol. The quantitative estimate of drug-likeness (QED) is 0.464. The topological polar surface area (TPSA) is 102 Å². The van der Waals surface area contributed by atoms with Crippen LogP contribution >= 0.6 is 0 Å². The average Bonchev–Trinajstić information content (AvgIpc) is 3.20. The van der Waals surface area contributed by atoms with Gasteiger partial charge >= 0.3 is 18.0 Å². The number of imide groups is 1. The highest BCUT2D eigenvalue weighted by atomic mass is 16.5. The molecule has 8 nitrogen and oxygen atoms in total. The molecule has 3 rings (SSSR count). The van der Waals surface area contributed by atoms with E-state index in [0.29, 0.717) is 18.4 Å². The van der Waals surface area contributed by atoms with Crippen molar-refractivity contribution in [1.82, 2.24) is 10.2 Å². The molecular weight excluding hydrogens is 352 g/mol. The molecule has 0 aromatic heterocycles. The Morgan fingerprint density at radius 2 is 1.81 bits per heavy atom. The van der Waals surface area contributed by atoms with Gasteiger partial charge in [0.15, 0.2) is 0 Å². The fraction of sp³-hybridized carbons (Fsp3) is 0.474. The first kappa shape index (κ1) is 18.9. The van der Waals surface area contributed by atoms with Crippen molar-refractivity contribution in [3.05, 3.63) is 29.8 Å². The standard InChI is InChI=1S/C19H22N2O6/c1-2-26-16(23)13-5-7-14(8-6-13)27-15(22)9-12-21-17(24)19(20-18(21)25)10-3-4-11-19/h5-8H,2-4,9-12H2,1H3,(H,20,25). The van der Waals surface area contributed by atoms with Gasteiger partial charge in [0.05, 0.1) is 18.6 Å². The Hall–Kier alpha value is -2.90. The monoisotopic (exact) mass is 374 g/mol. The van der Waals surface area contributed by atoms with Crippen molar-refractivity contribution in [3.8, 4) is 5.75 Å². The minimum atomic E-state index is -0.774. The summed E-state index contributed by atoms with van der Waals surface area (Å²) in [6.45, 7) is 1.97. The largest absolute Gasteiger partial charge is 0.462 e. The van der Waals surface area contributed by atoms with Gasteiger partial charge in [0.1, 0.15) is 11.3 Å². The van der Waals surface area contributed by atoms with Crippen LogP contribution in [-0.4, -0.2) is 47.5 Å². The van der Waals surface area contributed by atoms with E-state index in [2.05, 4.69) is 5.32 Å². The molecule has 3 amide bonds. The molecule has 8 heteroatoms. The van der Waals surface area contributed by atoms with Crippen molar-refractivity contribution >= 4 is 23.9 Å². The molecule has 2 aliphatic rings. The summed E-state index contributed by atoms with van der Waals surface area (Å²) in [5.74, 6) is -0.990. The van der Waals surface area contributed by atoms with Crippen molar-refractivity contribution in [2.75, 3.05) is 13.2 Å². The van der Waals surface area contributed by atoms with Crippen molar-refractivity contribution < 1.29 is 28.7 Å². The summed E-state index contributed by atoms with van der Waals surface area (Å²) in [5, 5.41) is 2.77. The predicted octanol–water partition coefficient (Wildman–Crippen LogP) is 2.02. The van der Waals surface area contributed by atoms with Crippen LogP contribution in [0.15, 0.2) is 24.3 Å². The molecule has 0 atom stereocenters. The van der Waals surface area contributed by atoms with Crippen LogP contribution in [0.5, 0.6) is 5.75 Å². The van der Waals surface area contributed by atoms with E-state index < -0.39 is 23.5 Å². The van der Waals surface area contributed by atoms with Gasteiger partial charge in [-0.2, -0.15) is 0 Å². The summed E-state index contributed by atoms with van der Waals surface area (Å²) in [5.41, 5.74) is -0.415. The van der Waals surface area contributed by atoms with Crippen molar-refractivity contribution in [1.29, 1.82) is 0 Å². The normalized spacial score (nSPS) is 17.9. The Labute approximate surface area is 156 Å². The number of esters is 2. The molecule has 27 heavy (non-hydrogen) atoms. The van der Waals surface area contributed by atoms with Gasteiger partial charge in [0.25, 0.3) is 5.91 Å². The van der Waals surface area contributed by atoms with Crippen LogP contribution in [-0.2, 0) is 14.3 Å². The first-order chi connectivity index (χ1) is 12.9. The maximum absolute atomic E-state index is 12.5. The number of benzene rings is 1. The second-order valence-electron chi connectivity index (χ2n) is 6.65. The van der Waals surface area contributed by atoms with E-state index in [1.54, 1.807) is 6.92 Å². The molecule has 1 spiro atoms. The zero-order valence-corrected chi connectivity index (χ0v) is 15.2. The zero-order chi connectivity index (χ0) is 19.4. The zero-order valence-electron chi connectivity index (χ0n) is 15.2. The first-order valence-electron chi connectivity index (χ1n) is 9.07. The van der Waals surface area contributed by atoms with Crippen LogP contribution in [0.1, 0.15) is 49.4 Å². The van der Waals surface area contributed by atoms with E-state index in [4.69, 9.17) is 9.47 Å². The highest BCUT2D eigenvalue weighted by Crippen LogP contribution is 2.35. The number of hydrogen-bond acceptors (Lipinski definition) is 6. The molecule has 1 heterocycles. The van der Waals surface area contributed by atoms with Gasteiger partial charge in [-0.25, -0.2) is 9.59 Å². The summed E-state index contributed by atoms with van der Waals surface area (Å²) >= 11 is 0. The fourth-order valence-electron chi connectivity index (χ4n) is 3.46. The lowest BCUT2D eigenvalue weighted by Gasteiger charge is -2.19. The van der Waals surface area contributed by atoms with Crippen LogP contribution in [0.2, 0.25) is 0 Å². The number of nitrogens with zero attached hydrogens (tertiary/aromatic N) is 1. The van der Waals surface area contributed by atoms with Gasteiger partial charge in [-0.15, -0.1) is 0 Å². The second-order valence-corrected chi connectivity index (χ2v) is 6.65. The van der Waals surface area contributed by atoms with E-state index in [-0.39, 0.29) is 31.2 Å². The van der Waals surface area contributed by atoms with Crippen LogP contribution in [0.25, 0.3) is 0 Å². The summed E-state index contributed by atoms with van der Waals surface area (Å²) in [7, 11) is 0. The maximum Gasteiger partial charge on any atom is 0.338 e. The molecule has 1 saturated carbocycles. The van der Waals surface area contributed by atoms with Gasteiger partial charge in [-0.05, 0) is 44.0 Å². The Morgan fingerprint density at radius 1 is 1.15 bits per heavy atom. The van der Waals surface area contributed by atoms with E-state index in [1.165, 1.54) is 24.3 Å². The van der Waals surface area contributed by atoms with Gasteiger partial charge in [-0.3, -0.25) is 14.5 Å². The number of carbonyl (C=O) groups is 4. The number of urea groups is 1. The SMILES string of the molecule is CCOC(=O)c1ccc(OC(=O)CCN2C(=O)NC3(CCCC3)C2=O)cc1. The number of ether oxygens (including phenoxy) is 2. The van der Waals surface area contributed by atoms with Gasteiger partial charge in [-0.1, -0.05) is 12.8 Å². The maximum atomic E-state index is 12.5. The highest BCUT2D eigenvalue weighted by Gasteiger charge is 2.52. The highest BCUT2D eigenvalue weighted by molar-refractivity contribution is 6.07. The average molecular weight is 374 g/mol. The lowest BCUT2D eigenvalue weighted by atomic mass is 9.98.